The predicted octanol–water partition coefficient (Wildman–Crippen LogP) is 3.18. The van der Waals surface area contributed by atoms with Gasteiger partial charge in [-0.05, 0) is 51.7 Å². The molecule has 0 amide bonds. The van der Waals surface area contributed by atoms with Crippen molar-refractivity contribution in [1.29, 1.82) is 0 Å². The smallest absolute Gasteiger partial charge is 0.261 e. The van der Waals surface area contributed by atoms with Gasteiger partial charge in [0.15, 0.2) is 0 Å². The summed E-state index contributed by atoms with van der Waals surface area (Å²) in [6.07, 6.45) is 4.64. The van der Waals surface area contributed by atoms with Gasteiger partial charge in [-0.1, -0.05) is 0 Å². The number of H-pyrrole nitrogens is 1. The molecular weight excluding hydrogens is 353 g/mol. The van der Waals surface area contributed by atoms with Gasteiger partial charge in [0, 0.05) is 17.4 Å². The molecule has 1 saturated carbocycles. The van der Waals surface area contributed by atoms with E-state index >= 15 is 0 Å². The maximum absolute atomic E-state index is 14.3. The topological polar surface area (TPSA) is 58.2 Å². The van der Waals surface area contributed by atoms with E-state index in [9.17, 15) is 9.18 Å². The van der Waals surface area contributed by atoms with Gasteiger partial charge in [0.25, 0.3) is 5.56 Å². The quantitative estimate of drug-likeness (QED) is 0.838. The first-order chi connectivity index (χ1) is 12.6. The van der Waals surface area contributed by atoms with Crippen LogP contribution in [-0.2, 0) is 5.75 Å². The molecule has 1 N–H and O–H groups in total. The largest absolute Gasteiger partial charge is 0.493 e. The number of ether oxygens (including phenoxy) is 1. The molecule has 2 heterocycles. The zero-order valence-corrected chi connectivity index (χ0v) is 15.8. The number of aromatic amines is 1. The number of rotatable bonds is 6. The minimum Gasteiger partial charge on any atom is -0.493 e. The molecule has 7 heteroatoms. The van der Waals surface area contributed by atoms with Gasteiger partial charge >= 0.3 is 0 Å². The highest BCUT2D eigenvalue weighted by atomic mass is 32.2. The second-order valence-electron chi connectivity index (χ2n) is 7.38. The Morgan fingerprint density at radius 3 is 2.81 bits per heavy atom. The van der Waals surface area contributed by atoms with E-state index in [2.05, 4.69) is 21.9 Å². The molecule has 1 aliphatic carbocycles. The van der Waals surface area contributed by atoms with E-state index in [1.54, 1.807) is 6.07 Å². The third-order valence-corrected chi connectivity index (χ3v) is 6.47. The summed E-state index contributed by atoms with van der Waals surface area (Å²) in [7, 11) is 2.14. The second-order valence-corrected chi connectivity index (χ2v) is 8.67. The number of benzene rings is 1. The van der Waals surface area contributed by atoms with Gasteiger partial charge in [-0.2, -0.15) is 11.8 Å². The van der Waals surface area contributed by atoms with Crippen molar-refractivity contribution in [3.8, 4) is 5.75 Å². The summed E-state index contributed by atoms with van der Waals surface area (Å²) in [6.45, 7) is 2.81. The predicted molar refractivity (Wildman–Crippen MR) is 102 cm³/mol. The Morgan fingerprint density at radius 1 is 1.31 bits per heavy atom. The summed E-state index contributed by atoms with van der Waals surface area (Å²) in [5.74, 6) is 1.70. The minimum absolute atomic E-state index is 0.0109. The van der Waals surface area contributed by atoms with Gasteiger partial charge in [-0.25, -0.2) is 9.37 Å². The lowest BCUT2D eigenvalue weighted by Crippen LogP contribution is -2.31. The molecule has 1 aliphatic heterocycles. The molecule has 2 aromatic rings. The summed E-state index contributed by atoms with van der Waals surface area (Å²) >= 11 is 1.82. The van der Waals surface area contributed by atoms with Crippen molar-refractivity contribution >= 4 is 22.7 Å². The molecule has 140 valence electrons. The second kappa shape index (κ2) is 7.56. The highest BCUT2D eigenvalue weighted by Gasteiger charge is 2.22. The number of thioether (sulfide) groups is 1. The van der Waals surface area contributed by atoms with Crippen molar-refractivity contribution in [1.82, 2.24) is 14.9 Å². The summed E-state index contributed by atoms with van der Waals surface area (Å²) in [6, 6.07) is 2.97. The van der Waals surface area contributed by atoms with Gasteiger partial charge in [-0.3, -0.25) is 4.79 Å². The van der Waals surface area contributed by atoms with Crippen molar-refractivity contribution < 1.29 is 9.13 Å². The number of piperidine rings is 1. The average Bonchev–Trinajstić information content (AvgIpc) is 3.43. The number of nitrogens with zero attached hydrogens (tertiary/aromatic N) is 2. The van der Waals surface area contributed by atoms with E-state index in [0.29, 0.717) is 40.6 Å². The van der Waals surface area contributed by atoms with E-state index in [1.807, 2.05) is 11.8 Å². The van der Waals surface area contributed by atoms with Gasteiger partial charge in [-0.15, -0.1) is 0 Å². The van der Waals surface area contributed by atoms with Crippen LogP contribution in [0.5, 0.6) is 5.75 Å². The SMILES string of the molecule is CN1CCC(SCc2nc3cc(OCC4CC4)cc(F)c3c(=O)[nH]2)CC1. The Morgan fingerprint density at radius 2 is 2.08 bits per heavy atom. The summed E-state index contributed by atoms with van der Waals surface area (Å²) in [5.41, 5.74) is -0.0428. The fourth-order valence-electron chi connectivity index (χ4n) is 3.25. The first kappa shape index (κ1) is 17.8. The zero-order chi connectivity index (χ0) is 18.1. The van der Waals surface area contributed by atoms with Crippen LogP contribution >= 0.6 is 11.8 Å². The van der Waals surface area contributed by atoms with Crippen molar-refractivity contribution in [2.75, 3.05) is 26.7 Å². The Hall–Kier alpha value is -1.60. The first-order valence-electron chi connectivity index (χ1n) is 9.24. The third-order valence-electron chi connectivity index (χ3n) is 5.09. The van der Waals surface area contributed by atoms with Crippen LogP contribution in [0.1, 0.15) is 31.5 Å². The highest BCUT2D eigenvalue weighted by Crippen LogP contribution is 2.30. The van der Waals surface area contributed by atoms with E-state index in [0.717, 1.165) is 25.9 Å². The Labute approximate surface area is 156 Å². The average molecular weight is 377 g/mol. The zero-order valence-electron chi connectivity index (χ0n) is 15.0. The molecule has 5 nitrogen and oxygen atoms in total. The normalized spacial score (nSPS) is 19.2. The Bertz CT molecular complexity index is 845. The maximum atomic E-state index is 14.3. The molecule has 1 aromatic carbocycles. The lowest BCUT2D eigenvalue weighted by Gasteiger charge is -2.28. The fourth-order valence-corrected chi connectivity index (χ4v) is 4.32. The van der Waals surface area contributed by atoms with Gasteiger partial charge < -0.3 is 14.6 Å². The molecule has 0 atom stereocenters. The maximum Gasteiger partial charge on any atom is 0.261 e. The molecule has 2 fully saturated rings. The standard InChI is InChI=1S/C19H24FN3O2S/c1-23-6-4-14(5-7-23)26-11-17-21-16-9-13(25-10-12-2-3-12)8-15(20)18(16)19(24)22-17/h8-9,12,14H,2-7,10-11H2,1H3,(H,21,22,24). The van der Waals surface area contributed by atoms with Crippen molar-refractivity contribution in [3.63, 3.8) is 0 Å². The Kier molecular flexibility index (Phi) is 5.18. The number of nitrogens with one attached hydrogen (secondary N) is 1. The van der Waals surface area contributed by atoms with E-state index in [4.69, 9.17) is 4.74 Å². The minimum atomic E-state index is -0.573. The number of aromatic nitrogens is 2. The molecule has 2 aliphatic rings. The Balaban J connectivity index is 1.50. The van der Waals surface area contributed by atoms with E-state index in [1.165, 1.54) is 18.9 Å². The molecule has 0 radical (unpaired) electrons. The molecule has 4 rings (SSSR count). The van der Waals surface area contributed by atoms with Crippen LogP contribution in [0.15, 0.2) is 16.9 Å². The van der Waals surface area contributed by atoms with Crippen LogP contribution in [0.25, 0.3) is 10.9 Å². The summed E-state index contributed by atoms with van der Waals surface area (Å²) in [5, 5.41) is 0.592. The van der Waals surface area contributed by atoms with Crippen LogP contribution in [0.3, 0.4) is 0 Å². The van der Waals surface area contributed by atoms with Gasteiger partial charge in [0.1, 0.15) is 22.8 Å². The highest BCUT2D eigenvalue weighted by molar-refractivity contribution is 7.99. The number of halogens is 1. The molecule has 0 spiro atoms. The molecule has 1 aromatic heterocycles. The van der Waals surface area contributed by atoms with Crippen molar-refractivity contribution in [2.45, 2.75) is 36.7 Å². The lowest BCUT2D eigenvalue weighted by atomic mass is 10.1. The summed E-state index contributed by atoms with van der Waals surface area (Å²) < 4.78 is 20.0. The molecule has 1 saturated heterocycles. The van der Waals surface area contributed by atoms with Gasteiger partial charge in [0.2, 0.25) is 0 Å². The third kappa shape index (κ3) is 4.20. The number of hydrogen-bond donors (Lipinski definition) is 1. The summed E-state index contributed by atoms with van der Waals surface area (Å²) in [4.78, 5) is 21.9. The van der Waals surface area contributed by atoms with Crippen LogP contribution in [0.2, 0.25) is 0 Å². The van der Waals surface area contributed by atoms with E-state index < -0.39 is 11.4 Å². The van der Waals surface area contributed by atoms with Gasteiger partial charge in [0.05, 0.1) is 17.9 Å². The fraction of sp³-hybridized carbons (Fsp3) is 0.579. The number of hydrogen-bond acceptors (Lipinski definition) is 5. The van der Waals surface area contributed by atoms with Crippen LogP contribution < -0.4 is 10.3 Å². The van der Waals surface area contributed by atoms with Crippen LogP contribution in [-0.4, -0.2) is 46.9 Å². The molecule has 0 unspecified atom stereocenters. The van der Waals surface area contributed by atoms with E-state index in [-0.39, 0.29) is 5.39 Å². The van der Waals surface area contributed by atoms with Crippen LogP contribution in [0.4, 0.5) is 4.39 Å². The lowest BCUT2D eigenvalue weighted by molar-refractivity contribution is 0.282. The monoisotopic (exact) mass is 377 g/mol. The van der Waals surface area contributed by atoms with Crippen molar-refractivity contribution in [3.05, 3.63) is 34.1 Å². The van der Waals surface area contributed by atoms with Crippen molar-refractivity contribution in [2.24, 2.45) is 5.92 Å². The van der Waals surface area contributed by atoms with Crippen LogP contribution in [0, 0.1) is 11.7 Å². The number of fused-ring (bicyclic) bond motifs is 1. The molecule has 26 heavy (non-hydrogen) atoms. The first-order valence-corrected chi connectivity index (χ1v) is 10.3. The molecular formula is C19H24FN3O2S. The number of likely N-dealkylation sites (tertiary alicyclic amines) is 1. The molecule has 0 bridgehead atoms.